The van der Waals surface area contributed by atoms with Crippen LogP contribution in [0.2, 0.25) is 0 Å². The molecule has 0 spiro atoms. The fourth-order valence-corrected chi connectivity index (χ4v) is 5.84. The van der Waals surface area contributed by atoms with E-state index < -0.39 is 29.4 Å². The van der Waals surface area contributed by atoms with Crippen molar-refractivity contribution < 1.29 is 33.1 Å². The molecule has 2 heterocycles. The van der Waals surface area contributed by atoms with Crippen molar-refractivity contribution >= 4 is 75.1 Å². The summed E-state index contributed by atoms with van der Waals surface area (Å²) in [4.78, 5) is 51.2. The Hall–Kier alpha value is -3.94. The van der Waals surface area contributed by atoms with Gasteiger partial charge in [0.05, 0.1) is 10.5 Å². The molecule has 0 saturated carbocycles. The molecule has 3 amide bonds. The third kappa shape index (κ3) is 6.56. The van der Waals surface area contributed by atoms with Crippen molar-refractivity contribution in [1.29, 1.82) is 0 Å². The molecule has 1 fully saturated rings. The van der Waals surface area contributed by atoms with Gasteiger partial charge in [0.15, 0.2) is 11.6 Å². The molecule has 200 valence electrons. The summed E-state index contributed by atoms with van der Waals surface area (Å²) in [5, 5.41) is 16.0. The van der Waals surface area contributed by atoms with E-state index in [1.807, 2.05) is 0 Å². The van der Waals surface area contributed by atoms with Gasteiger partial charge in [0.2, 0.25) is 5.91 Å². The van der Waals surface area contributed by atoms with E-state index in [1.54, 1.807) is 17.5 Å². The van der Waals surface area contributed by atoms with Crippen LogP contribution in [-0.2, 0) is 9.59 Å². The molecule has 13 heteroatoms. The van der Waals surface area contributed by atoms with Gasteiger partial charge >= 0.3 is 5.97 Å². The van der Waals surface area contributed by atoms with Crippen molar-refractivity contribution in [3.8, 4) is 11.1 Å². The highest BCUT2D eigenvalue weighted by Gasteiger charge is 2.32. The summed E-state index contributed by atoms with van der Waals surface area (Å²) in [6, 6.07) is 9.13. The molecule has 4 rings (SSSR count). The molecule has 3 aromatic rings. The van der Waals surface area contributed by atoms with Crippen LogP contribution in [0, 0.1) is 11.6 Å². The first-order chi connectivity index (χ1) is 18.5. The van der Waals surface area contributed by atoms with Gasteiger partial charge in [-0.3, -0.25) is 19.3 Å². The predicted molar refractivity (Wildman–Crippen MR) is 150 cm³/mol. The number of thiophene rings is 1. The minimum Gasteiger partial charge on any atom is -0.478 e. The molecule has 8 nitrogen and oxygen atoms in total. The second-order valence-corrected chi connectivity index (χ2v) is 10.8. The number of benzene rings is 2. The van der Waals surface area contributed by atoms with Crippen molar-refractivity contribution in [2.24, 2.45) is 0 Å². The van der Waals surface area contributed by atoms with Crippen LogP contribution in [0.15, 0.2) is 52.7 Å². The first-order valence-corrected chi connectivity index (χ1v) is 13.4. The van der Waals surface area contributed by atoms with Crippen molar-refractivity contribution in [1.82, 2.24) is 10.2 Å². The number of carboxylic acids is 1. The quantitative estimate of drug-likeness (QED) is 0.252. The van der Waals surface area contributed by atoms with Crippen molar-refractivity contribution in [3.63, 3.8) is 0 Å². The SMILES string of the molecule is CNC(=O)c1cc(NC(=O)CCN2C(=O)C(=Cc3cc(-c4ccc(F)c(F)c4)cs3)SC2=S)cc(C(=O)O)c1. The molecule has 0 aliphatic carbocycles. The molecule has 0 bridgehead atoms. The number of amides is 3. The summed E-state index contributed by atoms with van der Waals surface area (Å²) in [7, 11) is 1.40. The third-order valence-electron chi connectivity index (χ3n) is 5.54. The van der Waals surface area contributed by atoms with E-state index in [-0.39, 0.29) is 40.0 Å². The van der Waals surface area contributed by atoms with Gasteiger partial charge in [-0.05, 0) is 59.0 Å². The smallest absolute Gasteiger partial charge is 0.335 e. The molecule has 39 heavy (non-hydrogen) atoms. The van der Waals surface area contributed by atoms with Crippen LogP contribution in [0.25, 0.3) is 17.2 Å². The molecule has 0 radical (unpaired) electrons. The second kappa shape index (κ2) is 11.8. The minimum atomic E-state index is -1.26. The van der Waals surface area contributed by atoms with Gasteiger partial charge in [-0.25, -0.2) is 13.6 Å². The van der Waals surface area contributed by atoms with Gasteiger partial charge in [0.25, 0.3) is 11.8 Å². The summed E-state index contributed by atoms with van der Waals surface area (Å²) in [6.07, 6.45) is 1.51. The summed E-state index contributed by atoms with van der Waals surface area (Å²) < 4.78 is 27.1. The Morgan fingerprint density at radius 1 is 1.05 bits per heavy atom. The van der Waals surface area contributed by atoms with Gasteiger partial charge in [-0.15, -0.1) is 11.3 Å². The molecule has 1 aliphatic heterocycles. The standard InChI is InChI=1S/C26H19F2N3O5S3/c1-29-23(33)14-6-15(25(35)36)8-17(7-14)30-22(32)4-5-31-24(34)21(39-26(31)37)11-18-9-16(12-38-18)13-2-3-19(27)20(28)10-13/h2-3,6-12H,4-5H2,1H3,(H,29,33)(H,30,32)(H,35,36). The zero-order valence-electron chi connectivity index (χ0n) is 20.1. The van der Waals surface area contributed by atoms with Gasteiger partial charge in [0.1, 0.15) is 4.32 Å². The van der Waals surface area contributed by atoms with E-state index in [9.17, 15) is 33.1 Å². The number of hydrogen-bond acceptors (Lipinski definition) is 7. The largest absolute Gasteiger partial charge is 0.478 e. The highest BCUT2D eigenvalue weighted by molar-refractivity contribution is 8.26. The van der Waals surface area contributed by atoms with Crippen molar-refractivity contribution in [2.75, 3.05) is 18.9 Å². The molecule has 3 N–H and O–H groups in total. The number of nitrogens with one attached hydrogen (secondary N) is 2. The number of nitrogens with zero attached hydrogens (tertiary/aromatic N) is 1. The van der Waals surface area contributed by atoms with Crippen molar-refractivity contribution in [2.45, 2.75) is 6.42 Å². The first-order valence-electron chi connectivity index (χ1n) is 11.3. The summed E-state index contributed by atoms with van der Waals surface area (Å²) >= 11 is 7.72. The number of carbonyl (C=O) groups excluding carboxylic acids is 3. The summed E-state index contributed by atoms with van der Waals surface area (Å²) in [5.74, 6) is -4.55. The van der Waals surface area contributed by atoms with Crippen LogP contribution >= 0.6 is 35.3 Å². The number of aromatic carboxylic acids is 1. The number of carbonyl (C=O) groups is 4. The fraction of sp³-hybridized carbons (Fsp3) is 0.115. The number of carboxylic acid groups (broad SMARTS) is 1. The number of hydrogen-bond donors (Lipinski definition) is 3. The predicted octanol–water partition coefficient (Wildman–Crippen LogP) is 4.98. The molecule has 0 unspecified atom stereocenters. The highest BCUT2D eigenvalue weighted by atomic mass is 32.2. The van der Waals surface area contributed by atoms with Gasteiger partial charge in [-0.2, -0.15) is 0 Å². The Balaban J connectivity index is 1.41. The molecule has 0 atom stereocenters. The molecule has 1 aliphatic rings. The Morgan fingerprint density at radius 2 is 1.79 bits per heavy atom. The zero-order chi connectivity index (χ0) is 28.3. The number of halogens is 2. The molecular weight excluding hydrogens is 568 g/mol. The van der Waals surface area contributed by atoms with Crippen LogP contribution in [0.4, 0.5) is 14.5 Å². The lowest BCUT2D eigenvalue weighted by atomic mass is 10.1. The lowest BCUT2D eigenvalue weighted by Gasteiger charge is -2.14. The maximum absolute atomic E-state index is 13.6. The lowest BCUT2D eigenvalue weighted by Crippen LogP contribution is -2.31. The van der Waals surface area contributed by atoms with E-state index in [0.717, 1.165) is 23.9 Å². The maximum Gasteiger partial charge on any atom is 0.335 e. The van der Waals surface area contributed by atoms with Gasteiger partial charge in [-0.1, -0.05) is 30.0 Å². The number of anilines is 1. The monoisotopic (exact) mass is 587 g/mol. The average Bonchev–Trinajstić information content (AvgIpc) is 3.47. The van der Waals surface area contributed by atoms with Gasteiger partial charge < -0.3 is 15.7 Å². The summed E-state index contributed by atoms with van der Waals surface area (Å²) in [5.41, 5.74) is 1.19. The van der Waals surface area contributed by atoms with E-state index in [0.29, 0.717) is 20.9 Å². The third-order valence-corrected chi connectivity index (χ3v) is 7.79. The maximum atomic E-state index is 13.6. The Labute approximate surface area is 234 Å². The van der Waals surface area contributed by atoms with Crippen LogP contribution in [0.5, 0.6) is 0 Å². The van der Waals surface area contributed by atoms with Crippen LogP contribution in [0.3, 0.4) is 0 Å². The van der Waals surface area contributed by atoms with E-state index in [2.05, 4.69) is 10.6 Å². The van der Waals surface area contributed by atoms with E-state index in [4.69, 9.17) is 12.2 Å². The van der Waals surface area contributed by atoms with Crippen LogP contribution < -0.4 is 10.6 Å². The number of thiocarbonyl (C=S) groups is 1. The normalized spacial score (nSPS) is 14.1. The second-order valence-electron chi connectivity index (χ2n) is 8.18. The Bertz CT molecular complexity index is 1550. The zero-order valence-corrected chi connectivity index (χ0v) is 22.6. The Morgan fingerprint density at radius 3 is 2.49 bits per heavy atom. The highest BCUT2D eigenvalue weighted by Crippen LogP contribution is 2.35. The Kier molecular flexibility index (Phi) is 8.53. The summed E-state index contributed by atoms with van der Waals surface area (Å²) in [6.45, 7) is -0.0146. The topological polar surface area (TPSA) is 116 Å². The molecule has 1 aromatic heterocycles. The minimum absolute atomic E-state index is 0.0146. The van der Waals surface area contributed by atoms with E-state index >= 15 is 0 Å². The van der Waals surface area contributed by atoms with Crippen LogP contribution in [0.1, 0.15) is 32.0 Å². The number of rotatable bonds is 8. The van der Waals surface area contributed by atoms with E-state index in [1.165, 1.54) is 47.5 Å². The first kappa shape index (κ1) is 28.1. The number of thioether (sulfide) groups is 1. The molecule has 1 saturated heterocycles. The fourth-order valence-electron chi connectivity index (χ4n) is 3.61. The molecule has 2 aromatic carbocycles. The van der Waals surface area contributed by atoms with Crippen LogP contribution in [-0.4, -0.2) is 51.6 Å². The van der Waals surface area contributed by atoms with Crippen molar-refractivity contribution in [3.05, 3.63) is 80.4 Å². The molecular formula is C26H19F2N3O5S3. The average molecular weight is 588 g/mol. The lowest BCUT2D eigenvalue weighted by molar-refractivity contribution is -0.122. The van der Waals surface area contributed by atoms with Gasteiger partial charge in [0, 0.05) is 36.1 Å².